The van der Waals surface area contributed by atoms with Gasteiger partial charge in [0.25, 0.3) is 0 Å². The molecule has 1 heterocycles. The van der Waals surface area contributed by atoms with Crippen molar-refractivity contribution in [1.82, 2.24) is 9.78 Å². The molecular formula is C14H16N4O3. The highest BCUT2D eigenvalue weighted by molar-refractivity contribution is 5.94. The number of anilines is 1. The number of hydrogen-bond donors (Lipinski definition) is 3. The van der Waals surface area contributed by atoms with E-state index in [2.05, 4.69) is 10.4 Å². The third kappa shape index (κ3) is 4.43. The lowest BCUT2D eigenvalue weighted by Crippen LogP contribution is -2.37. The van der Waals surface area contributed by atoms with E-state index in [4.69, 9.17) is 10.8 Å². The van der Waals surface area contributed by atoms with Crippen LogP contribution < -0.4 is 11.1 Å². The van der Waals surface area contributed by atoms with Crippen molar-refractivity contribution in [3.8, 4) is 0 Å². The molecule has 0 bridgehead atoms. The minimum Gasteiger partial charge on any atom is -0.480 e. The molecule has 0 saturated carbocycles. The van der Waals surface area contributed by atoms with Gasteiger partial charge in [-0.1, -0.05) is 30.3 Å². The Bertz CT molecular complexity index is 624. The number of carbonyl (C=O) groups excluding carboxylic acids is 1. The van der Waals surface area contributed by atoms with Gasteiger partial charge < -0.3 is 16.2 Å². The molecule has 4 N–H and O–H groups in total. The lowest BCUT2D eigenvalue weighted by Gasteiger charge is -2.11. The summed E-state index contributed by atoms with van der Waals surface area (Å²) in [6.07, 6.45) is 3.26. The summed E-state index contributed by atoms with van der Waals surface area (Å²) in [7, 11) is 0. The van der Waals surface area contributed by atoms with Crippen LogP contribution in [0.4, 0.5) is 5.69 Å². The number of nitrogens with two attached hydrogens (primary N) is 1. The maximum absolute atomic E-state index is 12.0. The fourth-order valence-corrected chi connectivity index (χ4v) is 1.85. The Labute approximate surface area is 121 Å². The Morgan fingerprint density at radius 3 is 2.71 bits per heavy atom. The van der Waals surface area contributed by atoms with Gasteiger partial charge in [-0.05, 0) is 12.0 Å². The highest BCUT2D eigenvalue weighted by atomic mass is 16.4. The number of aromatic nitrogens is 2. The predicted molar refractivity (Wildman–Crippen MR) is 76.6 cm³/mol. The number of benzene rings is 1. The SMILES string of the molecule is NC(Cc1ccccc1)C(=O)Nc1cnn(CC(=O)O)c1. The standard InChI is InChI=1S/C14H16N4O3/c15-12(6-10-4-2-1-3-5-10)14(21)17-11-7-16-18(8-11)9-13(19)20/h1-5,7-8,12H,6,9,15H2,(H,17,21)(H,19,20). The second-order valence-electron chi connectivity index (χ2n) is 4.61. The van der Waals surface area contributed by atoms with Gasteiger partial charge in [-0.3, -0.25) is 14.3 Å². The van der Waals surface area contributed by atoms with E-state index >= 15 is 0 Å². The summed E-state index contributed by atoms with van der Waals surface area (Å²) < 4.78 is 1.22. The van der Waals surface area contributed by atoms with Crippen LogP contribution in [0.15, 0.2) is 42.7 Å². The number of amides is 1. The summed E-state index contributed by atoms with van der Waals surface area (Å²) in [5, 5.41) is 15.1. The molecule has 2 aromatic rings. The first-order chi connectivity index (χ1) is 10.0. The molecule has 0 spiro atoms. The minimum atomic E-state index is -1.00. The van der Waals surface area contributed by atoms with Crippen LogP contribution in [0, 0.1) is 0 Å². The van der Waals surface area contributed by atoms with E-state index < -0.39 is 12.0 Å². The number of nitrogens with one attached hydrogen (secondary N) is 1. The summed E-state index contributed by atoms with van der Waals surface area (Å²) in [5.41, 5.74) is 7.25. The van der Waals surface area contributed by atoms with Gasteiger partial charge in [-0.25, -0.2) is 0 Å². The topological polar surface area (TPSA) is 110 Å². The van der Waals surface area contributed by atoms with Gasteiger partial charge in [-0.15, -0.1) is 0 Å². The van der Waals surface area contributed by atoms with Crippen LogP contribution >= 0.6 is 0 Å². The van der Waals surface area contributed by atoms with Crippen LogP contribution in [0.25, 0.3) is 0 Å². The van der Waals surface area contributed by atoms with E-state index in [1.54, 1.807) is 0 Å². The molecular weight excluding hydrogens is 272 g/mol. The van der Waals surface area contributed by atoms with Gasteiger partial charge in [0.15, 0.2) is 0 Å². The van der Waals surface area contributed by atoms with E-state index in [1.165, 1.54) is 17.1 Å². The first kappa shape index (κ1) is 14.7. The van der Waals surface area contributed by atoms with Crippen LogP contribution in [-0.2, 0) is 22.6 Å². The van der Waals surface area contributed by atoms with Crippen molar-refractivity contribution in [3.05, 3.63) is 48.3 Å². The molecule has 1 aromatic heterocycles. The molecule has 0 aliphatic rings. The number of carboxylic acids is 1. The van der Waals surface area contributed by atoms with Crippen molar-refractivity contribution in [1.29, 1.82) is 0 Å². The van der Waals surface area contributed by atoms with Crippen LogP contribution in [0.5, 0.6) is 0 Å². The van der Waals surface area contributed by atoms with Crippen LogP contribution in [-0.4, -0.2) is 32.8 Å². The van der Waals surface area contributed by atoms with Crippen molar-refractivity contribution in [3.63, 3.8) is 0 Å². The molecule has 7 nitrogen and oxygen atoms in total. The first-order valence-corrected chi connectivity index (χ1v) is 6.39. The van der Waals surface area contributed by atoms with Crippen molar-refractivity contribution in [2.24, 2.45) is 5.73 Å². The summed E-state index contributed by atoms with van der Waals surface area (Å²) in [6.45, 7) is -0.258. The molecule has 0 radical (unpaired) electrons. The van der Waals surface area contributed by atoms with Crippen molar-refractivity contribution in [2.45, 2.75) is 19.0 Å². The molecule has 1 atom stereocenters. The van der Waals surface area contributed by atoms with Gasteiger partial charge in [-0.2, -0.15) is 5.10 Å². The molecule has 1 unspecified atom stereocenters. The molecule has 7 heteroatoms. The molecule has 0 fully saturated rings. The second-order valence-corrected chi connectivity index (χ2v) is 4.61. The average Bonchev–Trinajstić information content (AvgIpc) is 2.86. The summed E-state index contributed by atoms with van der Waals surface area (Å²) in [6, 6.07) is 8.78. The fourth-order valence-electron chi connectivity index (χ4n) is 1.85. The highest BCUT2D eigenvalue weighted by Gasteiger charge is 2.15. The lowest BCUT2D eigenvalue weighted by molar-refractivity contribution is -0.137. The van der Waals surface area contributed by atoms with E-state index in [-0.39, 0.29) is 12.5 Å². The fraction of sp³-hybridized carbons (Fsp3) is 0.214. The van der Waals surface area contributed by atoms with E-state index in [1.807, 2.05) is 30.3 Å². The van der Waals surface area contributed by atoms with Crippen LogP contribution in [0.2, 0.25) is 0 Å². The maximum atomic E-state index is 12.0. The smallest absolute Gasteiger partial charge is 0.325 e. The van der Waals surface area contributed by atoms with Gasteiger partial charge in [0.1, 0.15) is 6.54 Å². The Hall–Kier alpha value is -2.67. The van der Waals surface area contributed by atoms with E-state index in [0.717, 1.165) is 5.56 Å². The number of carbonyl (C=O) groups is 2. The highest BCUT2D eigenvalue weighted by Crippen LogP contribution is 2.07. The molecule has 0 aliphatic heterocycles. The van der Waals surface area contributed by atoms with E-state index in [9.17, 15) is 9.59 Å². The molecule has 110 valence electrons. The van der Waals surface area contributed by atoms with Crippen molar-refractivity contribution in [2.75, 3.05) is 5.32 Å². The summed E-state index contributed by atoms with van der Waals surface area (Å²) >= 11 is 0. The second kappa shape index (κ2) is 6.67. The quantitative estimate of drug-likeness (QED) is 0.716. The minimum absolute atomic E-state index is 0.258. The number of aliphatic carboxylic acids is 1. The first-order valence-electron chi connectivity index (χ1n) is 6.39. The van der Waals surface area contributed by atoms with Crippen molar-refractivity contribution < 1.29 is 14.7 Å². The van der Waals surface area contributed by atoms with Gasteiger partial charge in [0.05, 0.1) is 17.9 Å². The largest absolute Gasteiger partial charge is 0.480 e. The zero-order valence-electron chi connectivity index (χ0n) is 11.3. The molecule has 0 aliphatic carbocycles. The third-order valence-electron chi connectivity index (χ3n) is 2.83. The number of hydrogen-bond acceptors (Lipinski definition) is 4. The van der Waals surface area contributed by atoms with Gasteiger partial charge >= 0.3 is 5.97 Å². The Balaban J connectivity index is 1.91. The Kier molecular flexibility index (Phi) is 4.68. The summed E-state index contributed by atoms with van der Waals surface area (Å²) in [4.78, 5) is 22.5. The van der Waals surface area contributed by atoms with Crippen LogP contribution in [0.1, 0.15) is 5.56 Å². The predicted octanol–water partition coefficient (Wildman–Crippen LogP) is 0.476. The average molecular weight is 288 g/mol. The summed E-state index contributed by atoms with van der Waals surface area (Å²) in [5.74, 6) is -1.34. The van der Waals surface area contributed by atoms with Crippen LogP contribution in [0.3, 0.4) is 0 Å². The molecule has 1 amide bonds. The Morgan fingerprint density at radius 2 is 2.05 bits per heavy atom. The third-order valence-corrected chi connectivity index (χ3v) is 2.83. The zero-order chi connectivity index (χ0) is 15.2. The van der Waals surface area contributed by atoms with Gasteiger partial charge in [0.2, 0.25) is 5.91 Å². The van der Waals surface area contributed by atoms with Gasteiger partial charge in [0, 0.05) is 6.20 Å². The number of nitrogens with zero attached hydrogens (tertiary/aromatic N) is 2. The van der Waals surface area contributed by atoms with E-state index in [0.29, 0.717) is 12.1 Å². The molecule has 2 rings (SSSR count). The normalized spacial score (nSPS) is 11.9. The zero-order valence-corrected chi connectivity index (χ0v) is 11.3. The number of rotatable bonds is 6. The monoisotopic (exact) mass is 288 g/mol. The lowest BCUT2D eigenvalue weighted by atomic mass is 10.1. The molecule has 21 heavy (non-hydrogen) atoms. The maximum Gasteiger partial charge on any atom is 0.325 e. The molecule has 1 aromatic carbocycles. The van der Waals surface area contributed by atoms with Crippen molar-refractivity contribution >= 4 is 17.6 Å². The Morgan fingerprint density at radius 1 is 1.33 bits per heavy atom. The molecule has 0 saturated heterocycles. The number of carboxylic acid groups (broad SMARTS) is 1.